The zero-order chi connectivity index (χ0) is 44.2. The van der Waals surface area contributed by atoms with Gasteiger partial charge in [0.1, 0.15) is 23.9 Å². The largest absolute Gasteiger partial charge is 0.490 e. The molecule has 326 valence electrons. The maximum absolute atomic E-state index is 13.2. The number of carbonyl (C=O) groups is 6. The first kappa shape index (κ1) is 42.9. The predicted molar refractivity (Wildman–Crippen MR) is 231 cm³/mol. The molecule has 8 rings (SSSR count). The molecule has 3 aliphatic rings. The fourth-order valence-electron chi connectivity index (χ4n) is 8.41. The fourth-order valence-corrected chi connectivity index (χ4v) is 8.41. The lowest BCUT2D eigenvalue weighted by Gasteiger charge is -2.32. The van der Waals surface area contributed by atoms with Crippen molar-refractivity contribution >= 4 is 46.6 Å². The lowest BCUT2D eigenvalue weighted by molar-refractivity contribution is -0.136. The molecule has 0 saturated carbocycles. The van der Waals surface area contributed by atoms with E-state index in [4.69, 9.17) is 19.2 Å². The molecule has 2 N–H and O–H groups in total. The molecule has 0 radical (unpaired) electrons. The van der Waals surface area contributed by atoms with E-state index in [1.807, 2.05) is 36.2 Å². The molecule has 3 aliphatic heterocycles. The maximum Gasteiger partial charge on any atom is 0.266 e. The Bertz CT molecular complexity index is 2580. The highest BCUT2D eigenvalue weighted by molar-refractivity contribution is 6.24. The Kier molecular flexibility index (Phi) is 12.7. The Morgan fingerprint density at radius 2 is 1.57 bits per heavy atom. The van der Waals surface area contributed by atoms with Crippen molar-refractivity contribution in [3.63, 3.8) is 0 Å². The van der Waals surface area contributed by atoms with Crippen LogP contribution in [0.15, 0.2) is 73.1 Å². The zero-order valence-corrected chi connectivity index (χ0v) is 35.5. The smallest absolute Gasteiger partial charge is 0.266 e. The molecule has 63 heavy (non-hydrogen) atoms. The van der Waals surface area contributed by atoms with Crippen LogP contribution in [0.4, 0.5) is 0 Å². The molecule has 1 atom stereocenters. The first-order valence-corrected chi connectivity index (χ1v) is 21.2. The average molecular weight is 856 g/mol. The standard InChI is InChI=1S/C47H49N7O9/c1-28-25-32(11-12-33(28)45(58)52(2)3)35-26-48-43-42(35)50-36(27-49-43)31-9-7-29(8-10-31)30-15-18-53(19-16-30)40(56)17-20-61-21-22-62-23-24-63-38-6-4-5-34-41(38)47(60)54(46(34)59)37-13-14-39(55)51-44(37)57/h4-12,25-27,30,37H,13-24H2,1-3H3,(H,48,49)(H,51,55,57). The van der Waals surface area contributed by atoms with Gasteiger partial charge in [0.05, 0.1) is 55.9 Å². The van der Waals surface area contributed by atoms with Crippen molar-refractivity contribution in [2.45, 2.75) is 51.0 Å². The summed E-state index contributed by atoms with van der Waals surface area (Å²) >= 11 is 0. The van der Waals surface area contributed by atoms with Crippen LogP contribution in [-0.4, -0.2) is 131 Å². The molecule has 0 spiro atoms. The van der Waals surface area contributed by atoms with Gasteiger partial charge in [0, 0.05) is 56.5 Å². The van der Waals surface area contributed by atoms with Gasteiger partial charge in [0.15, 0.2) is 5.65 Å². The van der Waals surface area contributed by atoms with Gasteiger partial charge in [-0.25, -0.2) is 9.97 Å². The molecule has 0 aliphatic carbocycles. The summed E-state index contributed by atoms with van der Waals surface area (Å²) in [4.78, 5) is 93.0. The van der Waals surface area contributed by atoms with Crippen LogP contribution in [0.3, 0.4) is 0 Å². The minimum atomic E-state index is -1.06. The summed E-state index contributed by atoms with van der Waals surface area (Å²) in [5.74, 6) is -1.76. The number of likely N-dealkylation sites (tertiary alicyclic amines) is 1. The number of aromatic nitrogens is 3. The van der Waals surface area contributed by atoms with Crippen LogP contribution < -0.4 is 10.1 Å². The van der Waals surface area contributed by atoms with E-state index in [0.717, 1.165) is 51.2 Å². The number of aromatic amines is 1. The number of hydrogen-bond donors (Lipinski definition) is 2. The van der Waals surface area contributed by atoms with Gasteiger partial charge in [-0.15, -0.1) is 0 Å². The molecule has 16 heteroatoms. The van der Waals surface area contributed by atoms with E-state index >= 15 is 0 Å². The highest BCUT2D eigenvalue weighted by Crippen LogP contribution is 2.35. The van der Waals surface area contributed by atoms with E-state index < -0.39 is 29.7 Å². The van der Waals surface area contributed by atoms with E-state index in [1.54, 1.807) is 37.3 Å². The van der Waals surface area contributed by atoms with Gasteiger partial charge >= 0.3 is 0 Å². The minimum absolute atomic E-state index is 0.0345. The summed E-state index contributed by atoms with van der Waals surface area (Å²) in [5.41, 5.74) is 8.07. The number of H-pyrrole nitrogens is 1. The second kappa shape index (κ2) is 18.7. The van der Waals surface area contributed by atoms with Crippen LogP contribution in [0, 0.1) is 6.92 Å². The Labute approximate surface area is 363 Å². The summed E-state index contributed by atoms with van der Waals surface area (Å²) in [7, 11) is 3.49. The predicted octanol–water partition coefficient (Wildman–Crippen LogP) is 4.91. The van der Waals surface area contributed by atoms with Gasteiger partial charge in [-0.2, -0.15) is 0 Å². The van der Waals surface area contributed by atoms with Crippen molar-refractivity contribution in [2.75, 3.05) is 60.2 Å². The molecule has 2 fully saturated rings. The number of piperidine rings is 2. The van der Waals surface area contributed by atoms with Gasteiger partial charge in [-0.3, -0.25) is 39.0 Å². The number of imide groups is 2. The molecule has 0 bridgehead atoms. The van der Waals surface area contributed by atoms with Crippen molar-refractivity contribution < 1.29 is 43.0 Å². The maximum atomic E-state index is 13.2. The average Bonchev–Trinajstić information content (AvgIpc) is 3.83. The van der Waals surface area contributed by atoms with E-state index in [0.29, 0.717) is 36.8 Å². The number of carbonyl (C=O) groups excluding carboxylic acids is 6. The highest BCUT2D eigenvalue weighted by atomic mass is 16.5. The molecule has 3 aromatic carbocycles. The number of nitrogens with one attached hydrogen (secondary N) is 2. The SMILES string of the molecule is Cc1cc(-c2c[nH]c3ncc(-c4ccc(C5CCN(C(=O)CCOCCOCCOc6cccc7c6C(=O)N(C6CCC(=O)NC6=O)C7=O)CC5)cc4)nc23)ccc1C(=O)N(C)C. The quantitative estimate of drug-likeness (QED) is 0.107. The van der Waals surface area contributed by atoms with Gasteiger partial charge in [0.2, 0.25) is 17.7 Å². The van der Waals surface area contributed by atoms with E-state index in [2.05, 4.69) is 39.6 Å². The minimum Gasteiger partial charge on any atom is -0.490 e. The number of aryl methyl sites for hydroxylation is 1. The van der Waals surface area contributed by atoms with E-state index in [1.165, 1.54) is 11.6 Å². The van der Waals surface area contributed by atoms with Crippen molar-refractivity contribution in [2.24, 2.45) is 0 Å². The molecule has 5 aromatic rings. The fraction of sp³-hybridized carbons (Fsp3) is 0.362. The molecule has 1 unspecified atom stereocenters. The zero-order valence-electron chi connectivity index (χ0n) is 35.5. The molecule has 16 nitrogen and oxygen atoms in total. The van der Waals surface area contributed by atoms with Gasteiger partial charge in [0.25, 0.3) is 17.7 Å². The summed E-state index contributed by atoms with van der Waals surface area (Å²) in [6.07, 6.45) is 5.80. The van der Waals surface area contributed by atoms with Crippen LogP contribution in [0.2, 0.25) is 0 Å². The number of nitrogens with zero attached hydrogens (tertiary/aromatic N) is 5. The summed E-state index contributed by atoms with van der Waals surface area (Å²) < 4.78 is 17.1. The molecule has 2 saturated heterocycles. The Hall–Kier alpha value is -6.78. The van der Waals surface area contributed by atoms with Gasteiger partial charge in [-0.05, 0) is 67.0 Å². The number of rotatable bonds is 15. The Balaban J connectivity index is 0.738. The number of amides is 6. The first-order chi connectivity index (χ1) is 30.5. The number of benzene rings is 3. The lowest BCUT2D eigenvalue weighted by Crippen LogP contribution is -2.54. The van der Waals surface area contributed by atoms with Crippen molar-refractivity contribution in [3.05, 3.63) is 101 Å². The van der Waals surface area contributed by atoms with Crippen molar-refractivity contribution in [3.8, 4) is 28.1 Å². The van der Waals surface area contributed by atoms with E-state index in [9.17, 15) is 28.8 Å². The third-order valence-electron chi connectivity index (χ3n) is 11.8. The molecule has 5 heterocycles. The summed E-state index contributed by atoms with van der Waals surface area (Å²) in [6, 6.07) is 17.9. The van der Waals surface area contributed by atoms with Gasteiger partial charge < -0.3 is 29.0 Å². The monoisotopic (exact) mass is 855 g/mol. The third kappa shape index (κ3) is 9.08. The first-order valence-electron chi connectivity index (χ1n) is 21.2. The van der Waals surface area contributed by atoms with Crippen LogP contribution in [0.25, 0.3) is 33.5 Å². The van der Waals surface area contributed by atoms with Crippen LogP contribution in [0.1, 0.15) is 80.2 Å². The van der Waals surface area contributed by atoms with E-state index in [-0.39, 0.29) is 74.4 Å². The Morgan fingerprint density at radius 1 is 0.841 bits per heavy atom. The molecule has 6 amide bonds. The van der Waals surface area contributed by atoms with Crippen LogP contribution in [0.5, 0.6) is 5.75 Å². The normalized spacial score (nSPS) is 16.7. The lowest BCUT2D eigenvalue weighted by atomic mass is 9.88. The summed E-state index contributed by atoms with van der Waals surface area (Å²) in [5, 5.41) is 2.19. The molecular formula is C47H49N7O9. The second-order valence-electron chi connectivity index (χ2n) is 16.1. The summed E-state index contributed by atoms with van der Waals surface area (Å²) in [6.45, 7) is 4.44. The van der Waals surface area contributed by atoms with Crippen LogP contribution >= 0.6 is 0 Å². The van der Waals surface area contributed by atoms with Crippen molar-refractivity contribution in [1.29, 1.82) is 0 Å². The third-order valence-corrected chi connectivity index (χ3v) is 11.8. The van der Waals surface area contributed by atoms with Crippen LogP contribution in [-0.2, 0) is 23.9 Å². The number of fused-ring (bicyclic) bond motifs is 2. The topological polar surface area (TPSA) is 193 Å². The molecule has 2 aromatic heterocycles. The van der Waals surface area contributed by atoms with Gasteiger partial charge in [-0.1, -0.05) is 42.5 Å². The molecular weight excluding hydrogens is 807 g/mol. The number of ether oxygens (including phenoxy) is 3. The Morgan fingerprint density at radius 3 is 2.30 bits per heavy atom. The second-order valence-corrected chi connectivity index (χ2v) is 16.1. The van der Waals surface area contributed by atoms with Crippen molar-refractivity contribution in [1.82, 2.24) is 35.0 Å². The highest BCUT2D eigenvalue weighted by Gasteiger charge is 2.46. The number of hydrogen-bond acceptors (Lipinski definition) is 11.